The maximum Gasteiger partial charge on any atom is 0.255 e. The first-order valence-electron chi connectivity index (χ1n) is 8.29. The largest absolute Gasteiger partial charge is 0.352 e. The predicted molar refractivity (Wildman–Crippen MR) is 92.7 cm³/mol. The van der Waals surface area contributed by atoms with Crippen LogP contribution in [0, 0.1) is 12.3 Å². The molecular formula is C17H21N7O. The van der Waals surface area contributed by atoms with E-state index in [4.69, 9.17) is 6.42 Å². The molecule has 25 heavy (non-hydrogen) atoms. The lowest BCUT2D eigenvalue weighted by atomic mass is 10.0. The summed E-state index contributed by atoms with van der Waals surface area (Å²) in [4.78, 5) is 12.6. The summed E-state index contributed by atoms with van der Waals surface area (Å²) in [6.45, 7) is 3.26. The zero-order valence-corrected chi connectivity index (χ0v) is 14.4. The number of terminal acetylenes is 1. The summed E-state index contributed by atoms with van der Waals surface area (Å²) in [7, 11) is 1.79. The molecule has 0 aromatic carbocycles. The maximum absolute atomic E-state index is 12.6. The van der Waals surface area contributed by atoms with Crippen molar-refractivity contribution in [1.82, 2.24) is 24.9 Å². The fourth-order valence-corrected chi connectivity index (χ4v) is 2.67. The number of aryl methyl sites for hydroxylation is 2. The lowest BCUT2D eigenvalue weighted by Crippen LogP contribution is -2.28. The molecule has 0 bridgehead atoms. The minimum atomic E-state index is -0.389. The van der Waals surface area contributed by atoms with Crippen LogP contribution < -0.4 is 5.32 Å². The topological polar surface area (TPSA) is 89.5 Å². The standard InChI is InChI=1S/C17H21N7O/c1-4-6-7-17(21-22-17)8-9-18-16(25)14-12-23(3)20-15(14)13-10-19-24(5-2)11-13/h1,10-12H,5-9H2,2-3H3,(H,18,25). The van der Waals surface area contributed by atoms with Gasteiger partial charge in [-0.25, -0.2) is 0 Å². The highest BCUT2D eigenvalue weighted by atomic mass is 16.1. The molecule has 3 rings (SSSR count). The molecule has 0 radical (unpaired) electrons. The van der Waals surface area contributed by atoms with E-state index in [0.29, 0.717) is 30.6 Å². The average Bonchev–Trinajstić information content (AvgIpc) is 3.04. The van der Waals surface area contributed by atoms with Gasteiger partial charge in [0.25, 0.3) is 5.91 Å². The molecule has 0 saturated carbocycles. The molecule has 2 aromatic heterocycles. The molecule has 0 fully saturated rings. The summed E-state index contributed by atoms with van der Waals surface area (Å²) in [6, 6.07) is 0. The number of carbonyl (C=O) groups excluding carboxylic acids is 1. The number of amides is 1. The summed E-state index contributed by atoms with van der Waals surface area (Å²) < 4.78 is 3.44. The van der Waals surface area contributed by atoms with Crippen molar-refractivity contribution in [2.45, 2.75) is 38.4 Å². The maximum atomic E-state index is 12.6. The predicted octanol–water partition coefficient (Wildman–Crippen LogP) is 2.00. The molecule has 2 aromatic rings. The average molecular weight is 339 g/mol. The minimum absolute atomic E-state index is 0.167. The van der Waals surface area contributed by atoms with Gasteiger partial charge in [-0.15, -0.1) is 12.3 Å². The summed E-state index contributed by atoms with van der Waals surface area (Å²) in [5.74, 6) is 2.43. The Morgan fingerprint density at radius 1 is 1.36 bits per heavy atom. The van der Waals surface area contributed by atoms with Gasteiger partial charge in [-0.3, -0.25) is 14.2 Å². The van der Waals surface area contributed by atoms with Gasteiger partial charge in [-0.2, -0.15) is 20.4 Å². The van der Waals surface area contributed by atoms with Crippen LogP contribution in [0.3, 0.4) is 0 Å². The SMILES string of the molecule is C#CCCC1(CCNC(=O)c2cn(C)nc2-c2cnn(CC)c2)N=N1. The number of hydrogen-bond donors (Lipinski definition) is 1. The number of nitrogens with zero attached hydrogens (tertiary/aromatic N) is 6. The summed E-state index contributed by atoms with van der Waals surface area (Å²) in [6.07, 6.45) is 12.6. The molecule has 0 spiro atoms. The van der Waals surface area contributed by atoms with E-state index in [2.05, 4.69) is 31.7 Å². The summed E-state index contributed by atoms with van der Waals surface area (Å²) in [5.41, 5.74) is 1.59. The molecule has 8 nitrogen and oxygen atoms in total. The van der Waals surface area contributed by atoms with Crippen LogP contribution in [0.15, 0.2) is 28.8 Å². The highest BCUT2D eigenvalue weighted by Crippen LogP contribution is 2.36. The number of hydrogen-bond acceptors (Lipinski definition) is 5. The van der Waals surface area contributed by atoms with Crippen molar-refractivity contribution in [1.29, 1.82) is 0 Å². The lowest BCUT2D eigenvalue weighted by Gasteiger charge is -2.09. The fraction of sp³-hybridized carbons (Fsp3) is 0.471. The van der Waals surface area contributed by atoms with Crippen molar-refractivity contribution in [3.8, 4) is 23.6 Å². The smallest absolute Gasteiger partial charge is 0.255 e. The van der Waals surface area contributed by atoms with Crippen molar-refractivity contribution in [3.63, 3.8) is 0 Å². The Kier molecular flexibility index (Phi) is 4.65. The van der Waals surface area contributed by atoms with Gasteiger partial charge in [0.05, 0.1) is 11.8 Å². The van der Waals surface area contributed by atoms with E-state index in [-0.39, 0.29) is 11.6 Å². The Morgan fingerprint density at radius 2 is 2.16 bits per heavy atom. The van der Waals surface area contributed by atoms with Gasteiger partial charge in [0, 0.05) is 57.4 Å². The van der Waals surface area contributed by atoms with Crippen molar-refractivity contribution < 1.29 is 4.79 Å². The van der Waals surface area contributed by atoms with E-state index < -0.39 is 0 Å². The van der Waals surface area contributed by atoms with Crippen LogP contribution in [0.2, 0.25) is 0 Å². The van der Waals surface area contributed by atoms with Gasteiger partial charge in [0.1, 0.15) is 5.69 Å². The zero-order chi connectivity index (χ0) is 17.9. The second-order valence-electron chi connectivity index (χ2n) is 6.04. The van der Waals surface area contributed by atoms with Crippen molar-refractivity contribution in [2.24, 2.45) is 17.3 Å². The van der Waals surface area contributed by atoms with E-state index in [9.17, 15) is 4.79 Å². The van der Waals surface area contributed by atoms with Gasteiger partial charge in [0.15, 0.2) is 5.66 Å². The fourth-order valence-electron chi connectivity index (χ4n) is 2.67. The van der Waals surface area contributed by atoms with E-state index in [1.54, 1.807) is 28.8 Å². The van der Waals surface area contributed by atoms with E-state index >= 15 is 0 Å². The van der Waals surface area contributed by atoms with Crippen LogP contribution >= 0.6 is 0 Å². The normalized spacial score (nSPS) is 14.3. The Labute approximate surface area is 146 Å². The van der Waals surface area contributed by atoms with Crippen LogP contribution in [-0.4, -0.2) is 37.7 Å². The van der Waals surface area contributed by atoms with Gasteiger partial charge in [-0.1, -0.05) is 0 Å². The first-order valence-corrected chi connectivity index (χ1v) is 8.29. The van der Waals surface area contributed by atoms with E-state index in [1.807, 2.05) is 13.1 Å². The summed E-state index contributed by atoms with van der Waals surface area (Å²) in [5, 5.41) is 19.7. The van der Waals surface area contributed by atoms with Crippen molar-refractivity contribution >= 4 is 5.91 Å². The Morgan fingerprint density at radius 3 is 2.80 bits per heavy atom. The first kappa shape index (κ1) is 16.9. The Bertz CT molecular complexity index is 834. The zero-order valence-electron chi connectivity index (χ0n) is 14.4. The number of rotatable bonds is 8. The second-order valence-corrected chi connectivity index (χ2v) is 6.04. The molecule has 130 valence electrons. The molecule has 0 atom stereocenters. The quantitative estimate of drug-likeness (QED) is 0.746. The molecule has 3 heterocycles. The van der Waals surface area contributed by atoms with Crippen LogP contribution in [0.5, 0.6) is 0 Å². The van der Waals surface area contributed by atoms with Gasteiger partial charge in [0.2, 0.25) is 0 Å². The van der Waals surface area contributed by atoms with Gasteiger partial charge < -0.3 is 5.32 Å². The number of aromatic nitrogens is 4. The Balaban J connectivity index is 1.64. The van der Waals surface area contributed by atoms with Crippen molar-refractivity contribution in [2.75, 3.05) is 6.54 Å². The second kappa shape index (κ2) is 6.89. The van der Waals surface area contributed by atoms with Crippen molar-refractivity contribution in [3.05, 3.63) is 24.2 Å². The third-order valence-electron chi connectivity index (χ3n) is 4.17. The minimum Gasteiger partial charge on any atom is -0.352 e. The molecule has 8 heteroatoms. The van der Waals surface area contributed by atoms with E-state index in [0.717, 1.165) is 18.5 Å². The van der Waals surface area contributed by atoms with E-state index in [1.165, 1.54) is 0 Å². The number of nitrogens with one attached hydrogen (secondary N) is 1. The molecule has 1 N–H and O–H groups in total. The first-order chi connectivity index (χ1) is 12.1. The van der Waals surface area contributed by atoms with Crippen LogP contribution in [-0.2, 0) is 13.6 Å². The molecule has 0 unspecified atom stereocenters. The van der Waals surface area contributed by atoms with Crippen LogP contribution in [0.1, 0.15) is 36.5 Å². The highest BCUT2D eigenvalue weighted by molar-refractivity contribution is 5.99. The van der Waals surface area contributed by atoms with Crippen LogP contribution in [0.25, 0.3) is 11.3 Å². The number of carbonyl (C=O) groups is 1. The molecule has 1 aliphatic heterocycles. The van der Waals surface area contributed by atoms with Gasteiger partial charge in [-0.05, 0) is 6.92 Å². The Hall–Kier alpha value is -2.95. The van der Waals surface area contributed by atoms with Gasteiger partial charge >= 0.3 is 0 Å². The monoisotopic (exact) mass is 339 g/mol. The third kappa shape index (κ3) is 3.76. The highest BCUT2D eigenvalue weighted by Gasteiger charge is 2.38. The lowest BCUT2D eigenvalue weighted by molar-refractivity contribution is 0.0952. The molecule has 0 saturated heterocycles. The van der Waals surface area contributed by atoms with Crippen LogP contribution in [0.4, 0.5) is 0 Å². The third-order valence-corrected chi connectivity index (χ3v) is 4.17. The molecular weight excluding hydrogens is 318 g/mol. The molecule has 0 aliphatic carbocycles. The molecule has 1 amide bonds. The molecule has 1 aliphatic rings. The summed E-state index contributed by atoms with van der Waals surface area (Å²) >= 11 is 0.